The molecule has 0 unspecified atom stereocenters. The highest BCUT2D eigenvalue weighted by Gasteiger charge is 2.53. The highest BCUT2D eigenvalue weighted by Crippen LogP contribution is 2.66. The van der Waals surface area contributed by atoms with Crippen LogP contribution in [-0.2, 0) is 17.8 Å². The van der Waals surface area contributed by atoms with Gasteiger partial charge in [-0.1, -0.05) is 202 Å². The van der Waals surface area contributed by atoms with E-state index in [2.05, 4.69) is 178 Å². The summed E-state index contributed by atoms with van der Waals surface area (Å²) in [6.45, 7) is 0. The molecule has 0 bridgehead atoms. The van der Waals surface area contributed by atoms with Gasteiger partial charge in [0.25, 0.3) is 0 Å². The van der Waals surface area contributed by atoms with Crippen LogP contribution in [0.1, 0.15) is 121 Å². The number of furan rings is 2. The molecule has 13 aromatic carbocycles. The molecule has 4 aliphatic rings. The Morgan fingerprint density at radius 3 is 1.21 bits per heavy atom. The maximum atomic E-state index is 14.9. The third-order valence-corrected chi connectivity index (χ3v) is 22.8. The van der Waals surface area contributed by atoms with Crippen molar-refractivity contribution >= 4 is 121 Å². The first-order chi connectivity index (χ1) is 48.9. The van der Waals surface area contributed by atoms with E-state index in [9.17, 15) is 26.3 Å². The van der Waals surface area contributed by atoms with Crippen LogP contribution in [0.2, 0.25) is 0 Å². The molecule has 0 atom stereocenters. The standard InChI is InChI=1S/C89H63F6N3O2/c90-88(91,92)54-42-46-56(47-43-54)96(76-40-18-34-68-66-32-15-29-58(83(66)99-85(68)76)52-20-3-1-4-21-52)78-50-72-80(63-27-9-7-24-60(63)78)81-64-28-10-8-25-61(64)79(51-73(81)87(72)70-36-12-14-39-75(70)98-74-38-13-11-26-62(74)65-31-17-37-71(87)82(65)98)97(57-48-44-55(45-49-57)89(93,94)95)77-41-19-35-69-67-33-16-30-59(84(67)100-86(69)77)53-22-5-2-6-23-53/h7-19,24-53H,1-6,20-23H2. The molecular formula is C89H63F6N3O2. The Bertz CT molecular complexity index is 5770. The Balaban J connectivity index is 0.925. The lowest BCUT2D eigenvalue weighted by molar-refractivity contribution is -0.138. The second-order valence-electron chi connectivity index (χ2n) is 27.9. The van der Waals surface area contributed by atoms with Crippen LogP contribution in [0.15, 0.2) is 258 Å². The first-order valence-corrected chi connectivity index (χ1v) is 35.0. The van der Waals surface area contributed by atoms with Gasteiger partial charge in [-0.05, 0) is 178 Å². The molecule has 0 saturated heterocycles. The molecule has 3 aromatic heterocycles. The van der Waals surface area contributed by atoms with Crippen LogP contribution in [0, 0.1) is 0 Å². The molecule has 4 heterocycles. The summed E-state index contributed by atoms with van der Waals surface area (Å²) in [5, 5.41) is 9.43. The van der Waals surface area contributed by atoms with E-state index in [1.807, 2.05) is 36.4 Å². The summed E-state index contributed by atoms with van der Waals surface area (Å²) in [5.74, 6) is 0.647. The zero-order valence-corrected chi connectivity index (χ0v) is 54.3. The molecular weight excluding hydrogens is 1260 g/mol. The van der Waals surface area contributed by atoms with Crippen LogP contribution >= 0.6 is 0 Å². The van der Waals surface area contributed by atoms with E-state index in [1.54, 1.807) is 24.3 Å². The van der Waals surface area contributed by atoms with E-state index in [4.69, 9.17) is 8.83 Å². The first-order valence-electron chi connectivity index (χ1n) is 35.0. The van der Waals surface area contributed by atoms with Crippen LogP contribution in [0.3, 0.4) is 0 Å². The van der Waals surface area contributed by atoms with Gasteiger partial charge >= 0.3 is 12.4 Å². The van der Waals surface area contributed by atoms with Crippen molar-refractivity contribution in [3.8, 4) is 16.8 Å². The third kappa shape index (κ3) is 8.50. The summed E-state index contributed by atoms with van der Waals surface area (Å²) < 4.78 is 107. The number of halogens is 6. The number of hydrogen-bond donors (Lipinski definition) is 0. The predicted molar refractivity (Wildman–Crippen MR) is 392 cm³/mol. The minimum atomic E-state index is -4.60. The van der Waals surface area contributed by atoms with Crippen molar-refractivity contribution < 1.29 is 35.2 Å². The van der Waals surface area contributed by atoms with Crippen LogP contribution in [0.5, 0.6) is 0 Å². The summed E-state index contributed by atoms with van der Waals surface area (Å²) in [6, 6.07) is 81.4. The minimum absolute atomic E-state index is 0.323. The Hall–Kier alpha value is -11.0. The van der Waals surface area contributed by atoms with Gasteiger partial charge in [-0.25, -0.2) is 0 Å². The van der Waals surface area contributed by atoms with E-state index in [0.717, 1.165) is 178 Å². The van der Waals surface area contributed by atoms with Crippen molar-refractivity contribution in [2.45, 2.75) is 93.8 Å². The van der Waals surface area contributed by atoms with Crippen molar-refractivity contribution in [1.29, 1.82) is 0 Å². The highest BCUT2D eigenvalue weighted by molar-refractivity contribution is 6.22. The number of fused-ring (bicyclic) bond motifs is 22. The second-order valence-corrected chi connectivity index (χ2v) is 27.9. The maximum Gasteiger partial charge on any atom is 0.416 e. The molecule has 2 fully saturated rings. The Labute approximate surface area is 571 Å². The average molecular weight is 1320 g/mol. The third-order valence-electron chi connectivity index (χ3n) is 22.8. The summed E-state index contributed by atoms with van der Waals surface area (Å²) in [4.78, 5) is 4.22. The molecule has 0 N–H and O–H groups in total. The number of rotatable bonds is 8. The van der Waals surface area contributed by atoms with Crippen molar-refractivity contribution in [2.24, 2.45) is 0 Å². The van der Waals surface area contributed by atoms with Gasteiger partial charge in [-0.15, -0.1) is 0 Å². The zero-order valence-electron chi connectivity index (χ0n) is 54.3. The molecule has 100 heavy (non-hydrogen) atoms. The largest absolute Gasteiger partial charge is 0.454 e. The molecule has 16 aromatic rings. The normalized spacial score (nSPS) is 15.5. The van der Waals surface area contributed by atoms with Gasteiger partial charge in [0.2, 0.25) is 0 Å². The van der Waals surface area contributed by atoms with Crippen molar-refractivity contribution in [1.82, 2.24) is 4.57 Å². The van der Waals surface area contributed by atoms with Crippen LogP contribution in [0.4, 0.5) is 60.5 Å². The van der Waals surface area contributed by atoms with E-state index < -0.39 is 28.9 Å². The van der Waals surface area contributed by atoms with Crippen molar-refractivity contribution in [3.05, 3.63) is 293 Å². The molecule has 0 radical (unpaired) electrons. The SMILES string of the molecule is FC(F)(F)c1ccc(N(c2cc3c(c4ccccc24)-c2c(cc(N(c4ccc(C(F)(F)F)cc4)c4cccc5c4oc4c(C6CCCCC6)cccc45)c4ccccc24)C32c3ccccc3-n3c4ccccc4c4cccc2c43)c2cccc3c2oc2c(C4CCCCC4)cccc23)cc1. The average Bonchev–Trinajstić information content (AvgIpc) is 1.47. The monoisotopic (exact) mass is 1320 g/mol. The number of aromatic nitrogens is 1. The highest BCUT2D eigenvalue weighted by atomic mass is 19.4. The van der Waals surface area contributed by atoms with Crippen LogP contribution < -0.4 is 9.80 Å². The summed E-state index contributed by atoms with van der Waals surface area (Å²) >= 11 is 0. The number of alkyl halides is 6. The molecule has 20 rings (SSSR count). The van der Waals surface area contributed by atoms with E-state index in [0.29, 0.717) is 45.8 Å². The fourth-order valence-electron chi connectivity index (χ4n) is 18.5. The number of anilines is 6. The number of para-hydroxylation sites is 7. The summed E-state index contributed by atoms with van der Waals surface area (Å²) in [5.41, 5.74) is 15.2. The Morgan fingerprint density at radius 2 is 0.720 bits per heavy atom. The van der Waals surface area contributed by atoms with Crippen LogP contribution in [-0.4, -0.2) is 4.57 Å². The topological polar surface area (TPSA) is 37.7 Å². The molecule has 2 saturated carbocycles. The van der Waals surface area contributed by atoms with E-state index >= 15 is 0 Å². The van der Waals surface area contributed by atoms with Gasteiger partial charge in [0.05, 0.1) is 56.0 Å². The number of hydrogen-bond acceptors (Lipinski definition) is 4. The molecule has 0 amide bonds. The molecule has 1 aliphatic heterocycles. The fraction of sp³-hybridized carbons (Fsp3) is 0.169. The molecule has 488 valence electrons. The lowest BCUT2D eigenvalue weighted by Gasteiger charge is -2.40. The van der Waals surface area contributed by atoms with E-state index in [-0.39, 0.29) is 0 Å². The predicted octanol–water partition coefficient (Wildman–Crippen LogP) is 26.6. The quantitative estimate of drug-likeness (QED) is 0.142. The lowest BCUT2D eigenvalue weighted by atomic mass is 9.65. The Kier molecular flexibility index (Phi) is 13.0. The van der Waals surface area contributed by atoms with Gasteiger partial charge in [0.15, 0.2) is 11.2 Å². The van der Waals surface area contributed by atoms with E-state index in [1.165, 1.54) is 48.2 Å². The zero-order chi connectivity index (χ0) is 66.9. The van der Waals surface area contributed by atoms with Gasteiger partial charge in [0, 0.05) is 54.5 Å². The summed E-state index contributed by atoms with van der Waals surface area (Å²) in [6.07, 6.45) is 2.00. The fourth-order valence-corrected chi connectivity index (χ4v) is 18.5. The molecule has 5 nitrogen and oxygen atoms in total. The molecule has 1 spiro atoms. The smallest absolute Gasteiger partial charge is 0.416 e. The van der Waals surface area contributed by atoms with Crippen LogP contribution in [0.25, 0.3) is 104 Å². The van der Waals surface area contributed by atoms with Gasteiger partial charge in [0.1, 0.15) is 11.2 Å². The van der Waals surface area contributed by atoms with Crippen molar-refractivity contribution in [2.75, 3.05) is 9.80 Å². The van der Waals surface area contributed by atoms with Gasteiger partial charge in [-0.2, -0.15) is 26.3 Å². The van der Waals surface area contributed by atoms with Crippen molar-refractivity contribution in [3.63, 3.8) is 0 Å². The molecule has 3 aliphatic carbocycles. The first kappa shape index (κ1) is 59.1. The molecule has 11 heteroatoms. The number of benzene rings is 13. The maximum absolute atomic E-state index is 14.9. The lowest BCUT2D eigenvalue weighted by Crippen LogP contribution is -2.34. The second kappa shape index (κ2) is 22.0. The number of nitrogens with zero attached hydrogens (tertiary/aromatic N) is 3. The summed E-state index contributed by atoms with van der Waals surface area (Å²) in [7, 11) is 0. The van der Waals surface area contributed by atoms with Gasteiger partial charge < -0.3 is 23.2 Å². The minimum Gasteiger partial charge on any atom is -0.454 e. The Morgan fingerprint density at radius 1 is 0.330 bits per heavy atom. The van der Waals surface area contributed by atoms with Gasteiger partial charge in [-0.3, -0.25) is 0 Å².